The lowest BCUT2D eigenvalue weighted by atomic mass is 10.1. The van der Waals surface area contributed by atoms with Gasteiger partial charge in [-0.15, -0.1) is 0 Å². The fourth-order valence-electron chi connectivity index (χ4n) is 2.92. The number of fused-ring (bicyclic) bond motifs is 1. The predicted octanol–water partition coefficient (Wildman–Crippen LogP) is 2.83. The molecule has 0 bridgehead atoms. The molecule has 2 N–H and O–H groups in total. The summed E-state index contributed by atoms with van der Waals surface area (Å²) in [6.07, 6.45) is 2.87. The number of nitrogens with one attached hydrogen (secondary N) is 2. The summed E-state index contributed by atoms with van der Waals surface area (Å²) in [5.41, 5.74) is 2.90. The molecule has 1 aromatic heterocycles. The molecule has 0 saturated carbocycles. The number of carbonyl (C=O) groups is 1. The number of benzene rings is 2. The predicted molar refractivity (Wildman–Crippen MR) is 104 cm³/mol. The molecular weight excluding hydrogens is 348 g/mol. The van der Waals surface area contributed by atoms with E-state index < -0.39 is 9.84 Å². The lowest BCUT2D eigenvalue weighted by Gasteiger charge is -2.07. The molecule has 26 heavy (non-hydrogen) atoms. The van der Waals surface area contributed by atoms with E-state index in [0.717, 1.165) is 22.0 Å². The summed E-state index contributed by atoms with van der Waals surface area (Å²) in [4.78, 5) is 15.2. The Hall–Kier alpha value is -2.60. The van der Waals surface area contributed by atoms with Crippen LogP contribution < -0.4 is 5.32 Å². The Morgan fingerprint density at radius 3 is 2.54 bits per heavy atom. The number of rotatable bonds is 8. The number of amides is 1. The molecule has 3 rings (SSSR count). The number of para-hydroxylation sites is 1. The lowest BCUT2D eigenvalue weighted by Crippen LogP contribution is -2.29. The van der Waals surface area contributed by atoms with Gasteiger partial charge in [0.1, 0.15) is 0 Å². The molecule has 6 heteroatoms. The molecule has 1 amide bonds. The van der Waals surface area contributed by atoms with Gasteiger partial charge in [0.25, 0.3) is 0 Å². The molecule has 2 aromatic carbocycles. The fourth-order valence-corrected chi connectivity index (χ4v) is 4.18. The van der Waals surface area contributed by atoms with E-state index in [1.54, 1.807) is 12.1 Å². The van der Waals surface area contributed by atoms with Gasteiger partial charge in [0.15, 0.2) is 9.84 Å². The minimum Gasteiger partial charge on any atom is -0.361 e. The largest absolute Gasteiger partial charge is 0.361 e. The summed E-state index contributed by atoms with van der Waals surface area (Å²) < 4.78 is 24.2. The van der Waals surface area contributed by atoms with Crippen LogP contribution in [0.1, 0.15) is 17.5 Å². The second kappa shape index (κ2) is 8.19. The first-order valence-corrected chi connectivity index (χ1v) is 10.4. The van der Waals surface area contributed by atoms with Crippen LogP contribution in [0.2, 0.25) is 0 Å². The first-order valence-electron chi connectivity index (χ1n) is 8.59. The van der Waals surface area contributed by atoms with E-state index in [2.05, 4.69) is 10.3 Å². The van der Waals surface area contributed by atoms with Crippen molar-refractivity contribution in [3.05, 3.63) is 71.9 Å². The van der Waals surface area contributed by atoms with Gasteiger partial charge in [-0.25, -0.2) is 8.42 Å². The van der Waals surface area contributed by atoms with E-state index in [-0.39, 0.29) is 24.0 Å². The third kappa shape index (κ3) is 4.95. The Labute approximate surface area is 153 Å². The monoisotopic (exact) mass is 370 g/mol. The van der Waals surface area contributed by atoms with Crippen LogP contribution in [0.15, 0.2) is 60.8 Å². The van der Waals surface area contributed by atoms with Crippen LogP contribution in [0.3, 0.4) is 0 Å². The molecule has 0 aliphatic carbocycles. The Morgan fingerprint density at radius 2 is 1.73 bits per heavy atom. The van der Waals surface area contributed by atoms with Gasteiger partial charge in [0.05, 0.1) is 11.5 Å². The average molecular weight is 370 g/mol. The average Bonchev–Trinajstić information content (AvgIpc) is 3.03. The van der Waals surface area contributed by atoms with Crippen molar-refractivity contribution in [2.45, 2.75) is 18.6 Å². The van der Waals surface area contributed by atoms with Crippen LogP contribution in [0.5, 0.6) is 0 Å². The summed E-state index contributed by atoms with van der Waals surface area (Å²) in [7, 11) is -3.24. The van der Waals surface area contributed by atoms with Crippen molar-refractivity contribution in [2.24, 2.45) is 0 Å². The Kier molecular flexibility index (Phi) is 5.73. The van der Waals surface area contributed by atoms with Gasteiger partial charge < -0.3 is 10.3 Å². The summed E-state index contributed by atoms with van der Waals surface area (Å²) in [6.45, 7) is 0.141. The number of aryl methyl sites for hydroxylation is 1. The highest BCUT2D eigenvalue weighted by Gasteiger charge is 2.13. The van der Waals surface area contributed by atoms with E-state index >= 15 is 0 Å². The van der Waals surface area contributed by atoms with Crippen LogP contribution in [0.25, 0.3) is 10.9 Å². The van der Waals surface area contributed by atoms with Crippen LogP contribution >= 0.6 is 0 Å². The molecule has 0 unspecified atom stereocenters. The normalized spacial score (nSPS) is 11.5. The second-order valence-electron chi connectivity index (χ2n) is 6.29. The number of hydrogen-bond donors (Lipinski definition) is 2. The van der Waals surface area contributed by atoms with Gasteiger partial charge >= 0.3 is 0 Å². The third-order valence-corrected chi connectivity index (χ3v) is 5.86. The van der Waals surface area contributed by atoms with Gasteiger partial charge in [0.2, 0.25) is 5.91 Å². The summed E-state index contributed by atoms with van der Waals surface area (Å²) in [6, 6.07) is 17.0. The molecule has 0 aliphatic heterocycles. The van der Waals surface area contributed by atoms with Crippen molar-refractivity contribution in [2.75, 3.05) is 12.3 Å². The quantitative estimate of drug-likeness (QED) is 0.640. The number of carbonyl (C=O) groups excluding carboxylic acids is 1. The minimum absolute atomic E-state index is 0.000943. The Morgan fingerprint density at radius 1 is 1.00 bits per heavy atom. The Balaban J connectivity index is 1.44. The van der Waals surface area contributed by atoms with Crippen LogP contribution in [0, 0.1) is 0 Å². The standard InChI is InChI=1S/C20H22N2O3S/c23-20(11-10-17-14-22-19-9-5-4-8-18(17)19)21-12-13-26(24,25)15-16-6-2-1-3-7-16/h1-9,14,22H,10-13,15H2,(H,21,23). The summed E-state index contributed by atoms with van der Waals surface area (Å²) in [5.74, 6) is -0.190. The second-order valence-corrected chi connectivity index (χ2v) is 8.47. The Bertz CT molecular complexity index is 978. The maximum Gasteiger partial charge on any atom is 0.220 e. The molecule has 0 spiro atoms. The van der Waals surface area contributed by atoms with Crippen molar-refractivity contribution in [1.29, 1.82) is 0 Å². The van der Waals surface area contributed by atoms with E-state index in [1.165, 1.54) is 0 Å². The molecule has 3 aromatic rings. The topological polar surface area (TPSA) is 79.0 Å². The zero-order valence-corrected chi connectivity index (χ0v) is 15.3. The SMILES string of the molecule is O=C(CCc1c[nH]c2ccccc12)NCCS(=O)(=O)Cc1ccccc1. The van der Waals surface area contributed by atoms with Crippen LogP contribution in [0.4, 0.5) is 0 Å². The lowest BCUT2D eigenvalue weighted by molar-refractivity contribution is -0.120. The molecule has 0 saturated heterocycles. The van der Waals surface area contributed by atoms with Gasteiger partial charge in [-0.1, -0.05) is 48.5 Å². The smallest absolute Gasteiger partial charge is 0.220 e. The number of sulfone groups is 1. The van der Waals surface area contributed by atoms with Crippen molar-refractivity contribution in [3.63, 3.8) is 0 Å². The number of H-pyrrole nitrogens is 1. The molecule has 0 atom stereocenters. The molecule has 5 nitrogen and oxygen atoms in total. The molecule has 136 valence electrons. The van der Waals surface area contributed by atoms with Crippen molar-refractivity contribution < 1.29 is 13.2 Å². The van der Waals surface area contributed by atoms with Crippen molar-refractivity contribution >= 4 is 26.6 Å². The first-order chi connectivity index (χ1) is 12.5. The molecular formula is C20H22N2O3S. The van der Waals surface area contributed by atoms with Crippen molar-refractivity contribution in [3.8, 4) is 0 Å². The van der Waals surface area contributed by atoms with Gasteiger partial charge in [0, 0.05) is 30.1 Å². The van der Waals surface area contributed by atoms with E-state index in [4.69, 9.17) is 0 Å². The highest BCUT2D eigenvalue weighted by atomic mass is 32.2. The molecule has 0 aliphatic rings. The molecule has 0 radical (unpaired) electrons. The molecule has 0 fully saturated rings. The van der Waals surface area contributed by atoms with Gasteiger partial charge in [-0.3, -0.25) is 4.79 Å². The molecule has 1 heterocycles. The zero-order valence-electron chi connectivity index (χ0n) is 14.4. The van der Waals surface area contributed by atoms with Gasteiger partial charge in [-0.2, -0.15) is 0 Å². The highest BCUT2D eigenvalue weighted by molar-refractivity contribution is 7.90. The van der Waals surface area contributed by atoms with Crippen LogP contribution in [-0.2, 0) is 26.8 Å². The maximum absolute atomic E-state index is 12.1. The maximum atomic E-state index is 12.1. The van der Waals surface area contributed by atoms with E-state index in [0.29, 0.717) is 12.8 Å². The highest BCUT2D eigenvalue weighted by Crippen LogP contribution is 2.18. The van der Waals surface area contributed by atoms with Crippen LogP contribution in [-0.4, -0.2) is 31.6 Å². The van der Waals surface area contributed by atoms with E-state index in [1.807, 2.05) is 48.7 Å². The fraction of sp³-hybridized carbons (Fsp3) is 0.250. The summed E-state index contributed by atoms with van der Waals surface area (Å²) in [5, 5.41) is 3.82. The number of hydrogen-bond acceptors (Lipinski definition) is 3. The number of aromatic amines is 1. The third-order valence-electron chi connectivity index (χ3n) is 4.26. The van der Waals surface area contributed by atoms with E-state index in [9.17, 15) is 13.2 Å². The van der Waals surface area contributed by atoms with Crippen molar-refractivity contribution in [1.82, 2.24) is 10.3 Å². The summed E-state index contributed by atoms with van der Waals surface area (Å²) >= 11 is 0. The number of aromatic nitrogens is 1. The zero-order chi connectivity index (χ0) is 18.4. The minimum atomic E-state index is -3.24. The van der Waals surface area contributed by atoms with Gasteiger partial charge in [-0.05, 0) is 23.6 Å². The first kappa shape index (κ1) is 18.2.